The average molecular weight is 324 g/mol. The second kappa shape index (κ2) is 6.16. The van der Waals surface area contributed by atoms with Crippen molar-refractivity contribution in [3.8, 4) is 0 Å². The first-order valence-corrected chi connectivity index (χ1v) is 6.33. The van der Waals surface area contributed by atoms with Crippen LogP contribution in [-0.2, 0) is 10.9 Å². The zero-order chi connectivity index (χ0) is 23.3. The fourth-order valence-electron chi connectivity index (χ4n) is 2.48. The van der Waals surface area contributed by atoms with E-state index in [1.807, 2.05) is 0 Å². The zero-order valence-electron chi connectivity index (χ0n) is 19.3. The van der Waals surface area contributed by atoms with Crippen LogP contribution in [0.2, 0.25) is 0 Å². The summed E-state index contributed by atoms with van der Waals surface area (Å²) in [5.41, 5.74) is 4.34. The first-order valence-electron chi connectivity index (χ1n) is 10.3. The van der Waals surface area contributed by atoms with Crippen LogP contribution in [0.25, 0.3) is 0 Å². The highest BCUT2D eigenvalue weighted by atomic mass is 19.4. The van der Waals surface area contributed by atoms with E-state index in [-0.39, 0.29) is 24.2 Å². The SMILES string of the molecule is [2H]C([2H])([2H])C(N)C1CCN(C(=O)OC([2H])([2H])C([2H])([2H])[2H])c2ccc(C(F)(F)F)cc21. The number of carbonyl (C=O) groups excluding carboxylic acids is 1. The van der Waals surface area contributed by atoms with Gasteiger partial charge in [0.15, 0.2) is 0 Å². The highest BCUT2D eigenvalue weighted by molar-refractivity contribution is 5.89. The molecule has 1 amide bonds. The van der Waals surface area contributed by atoms with Gasteiger partial charge in [0, 0.05) is 26.7 Å². The molecule has 0 spiro atoms. The summed E-state index contributed by atoms with van der Waals surface area (Å²) in [6.45, 7) is -9.59. The predicted molar refractivity (Wildman–Crippen MR) is 76.8 cm³/mol. The molecule has 1 aliphatic heterocycles. The Morgan fingerprint density at radius 2 is 2.41 bits per heavy atom. The minimum absolute atomic E-state index is 0.153. The van der Waals surface area contributed by atoms with Gasteiger partial charge in [0.1, 0.15) is 0 Å². The molecule has 2 rings (SSSR count). The molecule has 2 N–H and O–H groups in total. The molecule has 22 heavy (non-hydrogen) atoms. The normalized spacial score (nSPS) is 26.7. The standard InChI is InChI=1S/C15H19F3N2O2/c1-3-22-14(21)20-7-6-11(9(2)19)12-8-10(15(16,17)18)4-5-13(12)20/h4-5,8-9,11H,3,6-7,19H2,1-2H3/i1D3,2D3,3D2. The van der Waals surface area contributed by atoms with E-state index < -0.39 is 50.1 Å². The van der Waals surface area contributed by atoms with Crippen LogP contribution < -0.4 is 10.6 Å². The molecule has 1 aromatic carbocycles. The lowest BCUT2D eigenvalue weighted by Gasteiger charge is -2.35. The monoisotopic (exact) mass is 324 g/mol. The van der Waals surface area contributed by atoms with E-state index >= 15 is 0 Å². The molecular weight excluding hydrogens is 297 g/mol. The van der Waals surface area contributed by atoms with E-state index in [2.05, 4.69) is 4.74 Å². The molecular formula is C15H19F3N2O2. The number of anilines is 1. The molecule has 0 saturated heterocycles. The highest BCUT2D eigenvalue weighted by Gasteiger charge is 2.36. The lowest BCUT2D eigenvalue weighted by Crippen LogP contribution is -2.40. The fourth-order valence-corrected chi connectivity index (χ4v) is 2.48. The highest BCUT2D eigenvalue weighted by Crippen LogP contribution is 2.40. The number of halogens is 3. The van der Waals surface area contributed by atoms with Crippen molar-refractivity contribution < 1.29 is 33.7 Å². The van der Waals surface area contributed by atoms with E-state index in [4.69, 9.17) is 16.7 Å². The van der Waals surface area contributed by atoms with Crippen molar-refractivity contribution >= 4 is 11.8 Å². The second-order valence-corrected chi connectivity index (χ2v) is 4.81. The summed E-state index contributed by atoms with van der Waals surface area (Å²) >= 11 is 0. The second-order valence-electron chi connectivity index (χ2n) is 4.81. The summed E-state index contributed by atoms with van der Waals surface area (Å²) in [5, 5.41) is 0. The smallest absolute Gasteiger partial charge is 0.416 e. The molecule has 1 aliphatic rings. The van der Waals surface area contributed by atoms with Gasteiger partial charge in [-0.15, -0.1) is 0 Å². The Hall–Kier alpha value is -1.76. The minimum Gasteiger partial charge on any atom is -0.449 e. The maximum Gasteiger partial charge on any atom is 0.416 e. The molecule has 7 heteroatoms. The quantitative estimate of drug-likeness (QED) is 0.906. The van der Waals surface area contributed by atoms with Crippen LogP contribution in [-0.4, -0.2) is 25.2 Å². The summed E-state index contributed by atoms with van der Waals surface area (Å²) < 4.78 is 103. The molecule has 0 radical (unpaired) electrons. The van der Waals surface area contributed by atoms with Crippen molar-refractivity contribution in [1.82, 2.24) is 0 Å². The summed E-state index contributed by atoms with van der Waals surface area (Å²) in [5.74, 6) is -1.06. The number of benzene rings is 1. The van der Waals surface area contributed by atoms with E-state index in [0.717, 1.165) is 11.0 Å². The third kappa shape index (κ3) is 3.19. The summed E-state index contributed by atoms with van der Waals surface area (Å²) in [7, 11) is 0. The van der Waals surface area contributed by atoms with Gasteiger partial charge < -0.3 is 10.5 Å². The largest absolute Gasteiger partial charge is 0.449 e. The van der Waals surface area contributed by atoms with Gasteiger partial charge in [0.25, 0.3) is 0 Å². The lowest BCUT2D eigenvalue weighted by molar-refractivity contribution is -0.137. The molecule has 122 valence electrons. The zero-order valence-corrected chi connectivity index (χ0v) is 11.3. The van der Waals surface area contributed by atoms with Crippen molar-refractivity contribution in [3.05, 3.63) is 29.3 Å². The number of nitrogens with two attached hydrogens (primary N) is 1. The van der Waals surface area contributed by atoms with Crippen molar-refractivity contribution in [2.45, 2.75) is 38.3 Å². The molecule has 0 bridgehead atoms. The average Bonchev–Trinajstić information content (AvgIpc) is 2.56. The molecule has 1 heterocycles. The van der Waals surface area contributed by atoms with Gasteiger partial charge in [-0.2, -0.15) is 13.2 Å². The van der Waals surface area contributed by atoms with Crippen LogP contribution in [0.15, 0.2) is 18.2 Å². The van der Waals surface area contributed by atoms with Crippen molar-refractivity contribution in [3.63, 3.8) is 0 Å². The third-order valence-electron chi connectivity index (χ3n) is 3.50. The number of fused-ring (bicyclic) bond motifs is 1. The molecule has 0 aliphatic carbocycles. The van der Waals surface area contributed by atoms with Crippen molar-refractivity contribution in [1.29, 1.82) is 0 Å². The molecule has 4 nitrogen and oxygen atoms in total. The lowest BCUT2D eigenvalue weighted by atomic mass is 9.84. The van der Waals surface area contributed by atoms with Gasteiger partial charge in [0.05, 0.1) is 20.6 Å². The number of amides is 1. The van der Waals surface area contributed by atoms with Gasteiger partial charge in [-0.25, -0.2) is 4.79 Å². The van der Waals surface area contributed by atoms with E-state index in [9.17, 15) is 18.0 Å². The third-order valence-corrected chi connectivity index (χ3v) is 3.50. The van der Waals surface area contributed by atoms with Crippen LogP contribution in [0.4, 0.5) is 23.7 Å². The Morgan fingerprint density at radius 3 is 3.05 bits per heavy atom. The van der Waals surface area contributed by atoms with Gasteiger partial charge in [-0.05, 0) is 43.9 Å². The van der Waals surface area contributed by atoms with Gasteiger partial charge in [0.2, 0.25) is 0 Å². The number of alkyl halides is 3. The maximum atomic E-state index is 13.2. The molecule has 0 saturated carbocycles. The number of ether oxygens (including phenoxy) is 1. The van der Waals surface area contributed by atoms with Crippen LogP contribution >= 0.6 is 0 Å². The first-order chi connectivity index (χ1) is 13.4. The summed E-state index contributed by atoms with van der Waals surface area (Å²) in [6.07, 6.45) is -6.33. The number of hydrogen-bond acceptors (Lipinski definition) is 3. The molecule has 1 aromatic rings. The van der Waals surface area contributed by atoms with E-state index in [0.29, 0.717) is 12.1 Å². The topological polar surface area (TPSA) is 55.6 Å². The molecule has 2 unspecified atom stereocenters. The minimum atomic E-state index is -4.74. The Balaban J connectivity index is 2.50. The Kier molecular flexibility index (Phi) is 2.45. The number of nitrogens with zero attached hydrogens (tertiary/aromatic N) is 1. The number of carbonyl (C=O) groups is 1. The number of rotatable bonds is 2. The summed E-state index contributed by atoms with van der Waals surface area (Å²) in [6, 6.07) is 0.749. The van der Waals surface area contributed by atoms with Gasteiger partial charge in [-0.3, -0.25) is 4.90 Å². The van der Waals surface area contributed by atoms with Crippen LogP contribution in [0.3, 0.4) is 0 Å². The molecule has 0 aromatic heterocycles. The van der Waals surface area contributed by atoms with Crippen LogP contribution in [0.1, 0.15) is 48.1 Å². The van der Waals surface area contributed by atoms with Crippen LogP contribution in [0.5, 0.6) is 0 Å². The van der Waals surface area contributed by atoms with Crippen molar-refractivity contribution in [2.24, 2.45) is 5.73 Å². The fraction of sp³-hybridized carbons (Fsp3) is 0.533. The first kappa shape index (κ1) is 8.76. The van der Waals surface area contributed by atoms with Gasteiger partial charge in [-0.1, -0.05) is 0 Å². The Bertz CT molecular complexity index is 811. The van der Waals surface area contributed by atoms with E-state index in [1.54, 1.807) is 0 Å². The number of hydrogen-bond donors (Lipinski definition) is 1. The maximum absolute atomic E-state index is 13.2. The predicted octanol–water partition coefficient (Wildman–Crippen LogP) is 3.50. The Labute approximate surface area is 138 Å². The van der Waals surface area contributed by atoms with E-state index in [1.165, 1.54) is 0 Å². The van der Waals surface area contributed by atoms with Crippen molar-refractivity contribution in [2.75, 3.05) is 18.0 Å². The molecule has 2 atom stereocenters. The van der Waals surface area contributed by atoms with Crippen LogP contribution in [0, 0.1) is 0 Å². The van der Waals surface area contributed by atoms with Gasteiger partial charge >= 0.3 is 12.3 Å². The Morgan fingerprint density at radius 1 is 1.64 bits per heavy atom. The summed E-state index contributed by atoms with van der Waals surface area (Å²) in [4.78, 5) is 13.2. The molecule has 0 fully saturated rings.